The molecule has 3 N–H and O–H groups in total. The Hall–Kier alpha value is -1.95. The Morgan fingerprint density at radius 3 is 2.74 bits per heavy atom. The maximum absolute atomic E-state index is 12.0. The molecule has 6 heteroatoms. The fraction of sp³-hybridized carbons (Fsp3) is 0.462. The first-order valence-corrected chi connectivity index (χ1v) is 6.14. The molecule has 0 saturated heterocycles. The van der Waals surface area contributed by atoms with Crippen LogP contribution < -0.4 is 11.1 Å². The number of carbonyl (C=O) groups is 1. The van der Waals surface area contributed by atoms with Crippen LogP contribution in [0.15, 0.2) is 24.3 Å². The van der Waals surface area contributed by atoms with Crippen molar-refractivity contribution in [3.63, 3.8) is 0 Å². The lowest BCUT2D eigenvalue weighted by Gasteiger charge is -2.24. The molecule has 0 heterocycles. The lowest BCUT2D eigenvalue weighted by atomic mass is 9.86. The standard InChI is InChI=1S/C13H19N3O3/c1-3-13(2,9-14)12(17)15-8-10-5-4-6-11(7-10)16(18)19/h4-7H,3,8-9,14H2,1-2H3,(H,15,17). The second-order valence-corrected chi connectivity index (χ2v) is 4.73. The van der Waals surface area contributed by atoms with Crippen LogP contribution >= 0.6 is 0 Å². The van der Waals surface area contributed by atoms with Crippen molar-refractivity contribution in [3.05, 3.63) is 39.9 Å². The van der Waals surface area contributed by atoms with Gasteiger partial charge in [-0.05, 0) is 18.9 Å². The van der Waals surface area contributed by atoms with Crippen LogP contribution in [0.5, 0.6) is 0 Å². The van der Waals surface area contributed by atoms with Crippen LogP contribution in [0.4, 0.5) is 5.69 Å². The number of nitro benzene ring substituents is 1. The molecule has 1 atom stereocenters. The van der Waals surface area contributed by atoms with Crippen LogP contribution in [0, 0.1) is 15.5 Å². The highest BCUT2D eigenvalue weighted by atomic mass is 16.6. The van der Waals surface area contributed by atoms with E-state index in [2.05, 4.69) is 5.32 Å². The Kier molecular flexibility index (Phi) is 5.00. The van der Waals surface area contributed by atoms with Gasteiger partial charge in [0.2, 0.25) is 5.91 Å². The van der Waals surface area contributed by atoms with Gasteiger partial charge in [0.05, 0.1) is 10.3 Å². The normalized spacial score (nSPS) is 13.6. The second-order valence-electron chi connectivity index (χ2n) is 4.73. The number of nitrogens with zero attached hydrogens (tertiary/aromatic N) is 1. The molecule has 6 nitrogen and oxygen atoms in total. The van der Waals surface area contributed by atoms with Crippen molar-refractivity contribution >= 4 is 11.6 Å². The first kappa shape index (κ1) is 15.1. The Morgan fingerprint density at radius 1 is 1.53 bits per heavy atom. The van der Waals surface area contributed by atoms with E-state index in [0.717, 1.165) is 0 Å². The lowest BCUT2D eigenvalue weighted by molar-refractivity contribution is -0.384. The van der Waals surface area contributed by atoms with Crippen molar-refractivity contribution in [3.8, 4) is 0 Å². The highest BCUT2D eigenvalue weighted by Gasteiger charge is 2.29. The van der Waals surface area contributed by atoms with Crippen molar-refractivity contribution in [1.82, 2.24) is 5.32 Å². The first-order valence-electron chi connectivity index (χ1n) is 6.14. The van der Waals surface area contributed by atoms with E-state index in [9.17, 15) is 14.9 Å². The molecule has 0 aromatic heterocycles. The number of hydrogen-bond acceptors (Lipinski definition) is 4. The van der Waals surface area contributed by atoms with E-state index in [1.165, 1.54) is 12.1 Å². The number of rotatable bonds is 6. The zero-order valence-electron chi connectivity index (χ0n) is 11.2. The second kappa shape index (κ2) is 6.29. The zero-order chi connectivity index (χ0) is 14.5. The molecule has 0 saturated carbocycles. The van der Waals surface area contributed by atoms with E-state index in [1.54, 1.807) is 19.1 Å². The minimum Gasteiger partial charge on any atom is -0.352 e. The summed E-state index contributed by atoms with van der Waals surface area (Å²) in [6.07, 6.45) is 0.643. The van der Waals surface area contributed by atoms with Crippen molar-refractivity contribution in [1.29, 1.82) is 0 Å². The van der Waals surface area contributed by atoms with Crippen molar-refractivity contribution in [2.24, 2.45) is 11.1 Å². The van der Waals surface area contributed by atoms with E-state index in [0.29, 0.717) is 12.0 Å². The molecular formula is C13H19N3O3. The highest BCUT2D eigenvalue weighted by Crippen LogP contribution is 2.19. The average molecular weight is 265 g/mol. The SMILES string of the molecule is CCC(C)(CN)C(=O)NCc1cccc([N+](=O)[O-])c1. The van der Waals surface area contributed by atoms with Crippen LogP contribution in [0.2, 0.25) is 0 Å². The molecule has 0 aliphatic carbocycles. The molecular weight excluding hydrogens is 246 g/mol. The van der Waals surface area contributed by atoms with Gasteiger partial charge in [-0.25, -0.2) is 0 Å². The van der Waals surface area contributed by atoms with Gasteiger partial charge in [0.15, 0.2) is 0 Å². The van der Waals surface area contributed by atoms with Gasteiger partial charge < -0.3 is 11.1 Å². The molecule has 0 aliphatic rings. The van der Waals surface area contributed by atoms with E-state index in [4.69, 9.17) is 5.73 Å². The number of nitrogens with two attached hydrogens (primary N) is 1. The molecule has 0 fully saturated rings. The van der Waals surface area contributed by atoms with Crippen LogP contribution in [0.25, 0.3) is 0 Å². The smallest absolute Gasteiger partial charge is 0.269 e. The summed E-state index contributed by atoms with van der Waals surface area (Å²) in [5.41, 5.74) is 5.71. The number of nitro groups is 1. The van der Waals surface area contributed by atoms with Gasteiger partial charge in [-0.15, -0.1) is 0 Å². The van der Waals surface area contributed by atoms with Gasteiger partial charge in [0, 0.05) is 25.2 Å². The summed E-state index contributed by atoms with van der Waals surface area (Å²) in [6, 6.07) is 6.20. The maximum Gasteiger partial charge on any atom is 0.269 e. The van der Waals surface area contributed by atoms with Crippen LogP contribution in [-0.4, -0.2) is 17.4 Å². The maximum atomic E-state index is 12.0. The Balaban J connectivity index is 2.69. The summed E-state index contributed by atoms with van der Waals surface area (Å²) in [6.45, 7) is 4.23. The third kappa shape index (κ3) is 3.75. The number of nitrogens with one attached hydrogen (secondary N) is 1. The van der Waals surface area contributed by atoms with Crippen LogP contribution in [0.3, 0.4) is 0 Å². The number of non-ortho nitro benzene ring substituents is 1. The van der Waals surface area contributed by atoms with Gasteiger partial charge >= 0.3 is 0 Å². The molecule has 0 aliphatic heterocycles. The third-order valence-corrected chi connectivity index (χ3v) is 3.35. The summed E-state index contributed by atoms with van der Waals surface area (Å²) >= 11 is 0. The van der Waals surface area contributed by atoms with Gasteiger partial charge in [-0.3, -0.25) is 14.9 Å². The number of amides is 1. The average Bonchev–Trinajstić information content (AvgIpc) is 2.44. The summed E-state index contributed by atoms with van der Waals surface area (Å²) in [7, 11) is 0. The molecule has 0 spiro atoms. The zero-order valence-corrected chi connectivity index (χ0v) is 11.2. The molecule has 1 amide bonds. The fourth-order valence-electron chi connectivity index (χ4n) is 1.57. The van der Waals surface area contributed by atoms with Gasteiger partial charge in [-0.1, -0.05) is 19.1 Å². The first-order chi connectivity index (χ1) is 8.92. The lowest BCUT2D eigenvalue weighted by Crippen LogP contribution is -2.43. The fourth-order valence-corrected chi connectivity index (χ4v) is 1.57. The van der Waals surface area contributed by atoms with Gasteiger partial charge in [0.1, 0.15) is 0 Å². The molecule has 0 bridgehead atoms. The monoisotopic (exact) mass is 265 g/mol. The third-order valence-electron chi connectivity index (χ3n) is 3.35. The van der Waals surface area contributed by atoms with E-state index in [1.807, 2.05) is 6.92 Å². The molecule has 1 rings (SSSR count). The summed E-state index contributed by atoms with van der Waals surface area (Å²) < 4.78 is 0. The molecule has 1 aromatic rings. The van der Waals surface area contributed by atoms with E-state index < -0.39 is 10.3 Å². The molecule has 19 heavy (non-hydrogen) atoms. The summed E-state index contributed by atoms with van der Waals surface area (Å²) in [4.78, 5) is 22.2. The molecule has 1 aromatic carbocycles. The molecule has 1 unspecified atom stereocenters. The predicted octanol–water partition coefficient (Wildman–Crippen LogP) is 1.59. The quantitative estimate of drug-likeness (QED) is 0.602. The number of carbonyl (C=O) groups excluding carboxylic acids is 1. The summed E-state index contributed by atoms with van der Waals surface area (Å²) in [5.74, 6) is -0.135. The minimum atomic E-state index is -0.597. The van der Waals surface area contributed by atoms with Crippen LogP contribution in [-0.2, 0) is 11.3 Å². The van der Waals surface area contributed by atoms with E-state index in [-0.39, 0.29) is 24.7 Å². The Labute approximate surface area is 112 Å². The van der Waals surface area contributed by atoms with E-state index >= 15 is 0 Å². The van der Waals surface area contributed by atoms with Gasteiger partial charge in [-0.2, -0.15) is 0 Å². The Bertz CT molecular complexity index is 470. The summed E-state index contributed by atoms with van der Waals surface area (Å²) in [5, 5.41) is 13.4. The topological polar surface area (TPSA) is 98.3 Å². The number of benzene rings is 1. The van der Waals surface area contributed by atoms with Crippen LogP contribution in [0.1, 0.15) is 25.8 Å². The number of hydrogen-bond donors (Lipinski definition) is 2. The largest absolute Gasteiger partial charge is 0.352 e. The minimum absolute atomic E-state index is 0.0174. The van der Waals surface area contributed by atoms with Crippen molar-refractivity contribution in [2.75, 3.05) is 6.54 Å². The van der Waals surface area contributed by atoms with Gasteiger partial charge in [0.25, 0.3) is 5.69 Å². The molecule has 0 radical (unpaired) electrons. The molecule has 104 valence electrons. The van der Waals surface area contributed by atoms with Crippen molar-refractivity contribution in [2.45, 2.75) is 26.8 Å². The highest BCUT2D eigenvalue weighted by molar-refractivity contribution is 5.82. The Morgan fingerprint density at radius 2 is 2.21 bits per heavy atom. The van der Waals surface area contributed by atoms with Crippen molar-refractivity contribution < 1.29 is 9.72 Å². The predicted molar refractivity (Wildman–Crippen MR) is 72.4 cm³/mol.